The fraction of sp³-hybridized carbons (Fsp3) is 0.0588. The molecule has 22 heavy (non-hydrogen) atoms. The maximum Gasteiger partial charge on any atom is 0.251 e. The number of hydrogen-bond donors (Lipinski definition) is 3. The Morgan fingerprint density at radius 2 is 1.82 bits per heavy atom. The molecule has 0 saturated heterocycles. The molecule has 110 valence electrons. The number of carbonyl (C=O) groups excluding carboxylic acids is 2. The number of carbonyl (C=O) groups is 2. The van der Waals surface area contributed by atoms with Crippen molar-refractivity contribution in [3.63, 3.8) is 0 Å². The zero-order valence-corrected chi connectivity index (χ0v) is 11.8. The Bertz CT molecular complexity index is 809. The number of fused-ring (bicyclic) bond motifs is 1. The maximum atomic E-state index is 11.9. The van der Waals surface area contributed by atoms with E-state index in [-0.39, 0.29) is 18.4 Å². The number of anilines is 1. The van der Waals surface area contributed by atoms with Crippen LogP contribution in [0.1, 0.15) is 10.4 Å². The van der Waals surface area contributed by atoms with Crippen molar-refractivity contribution in [1.82, 2.24) is 10.3 Å². The predicted molar refractivity (Wildman–Crippen MR) is 85.7 cm³/mol. The second kappa shape index (κ2) is 6.13. The SMILES string of the molecule is O=C(CNC(=O)c1ccccc1)Nc1ccc2[nH]ccc2c1. The Kier molecular flexibility index (Phi) is 3.87. The molecule has 0 atom stereocenters. The first-order chi connectivity index (χ1) is 10.7. The van der Waals surface area contributed by atoms with Crippen LogP contribution >= 0.6 is 0 Å². The van der Waals surface area contributed by atoms with Gasteiger partial charge in [0.1, 0.15) is 0 Å². The molecule has 1 heterocycles. The Hall–Kier alpha value is -3.08. The van der Waals surface area contributed by atoms with E-state index >= 15 is 0 Å². The number of rotatable bonds is 4. The normalized spacial score (nSPS) is 10.4. The Labute approximate surface area is 127 Å². The first-order valence-electron chi connectivity index (χ1n) is 6.92. The number of aromatic nitrogens is 1. The van der Waals surface area contributed by atoms with Gasteiger partial charge in [-0.2, -0.15) is 0 Å². The lowest BCUT2D eigenvalue weighted by atomic mass is 10.2. The molecule has 0 fully saturated rings. The fourth-order valence-corrected chi connectivity index (χ4v) is 2.19. The van der Waals surface area contributed by atoms with E-state index in [1.807, 2.05) is 36.5 Å². The quantitative estimate of drug-likeness (QED) is 0.691. The average molecular weight is 293 g/mol. The van der Waals surface area contributed by atoms with Crippen molar-refractivity contribution in [1.29, 1.82) is 0 Å². The molecule has 3 aromatic rings. The summed E-state index contributed by atoms with van der Waals surface area (Å²) in [5, 5.41) is 6.38. The summed E-state index contributed by atoms with van der Waals surface area (Å²) in [7, 11) is 0. The number of benzene rings is 2. The minimum atomic E-state index is -0.267. The number of aromatic amines is 1. The average Bonchev–Trinajstić information content (AvgIpc) is 3.01. The Balaban J connectivity index is 1.57. The Morgan fingerprint density at radius 3 is 2.64 bits per heavy atom. The molecule has 0 spiro atoms. The molecule has 0 bridgehead atoms. The van der Waals surface area contributed by atoms with Gasteiger partial charge in [0.05, 0.1) is 6.54 Å². The number of hydrogen-bond acceptors (Lipinski definition) is 2. The summed E-state index contributed by atoms with van der Waals surface area (Å²) in [6.45, 7) is -0.0705. The van der Waals surface area contributed by atoms with E-state index in [2.05, 4.69) is 15.6 Å². The van der Waals surface area contributed by atoms with Crippen LogP contribution in [0.2, 0.25) is 0 Å². The molecular weight excluding hydrogens is 278 g/mol. The third-order valence-corrected chi connectivity index (χ3v) is 3.28. The van der Waals surface area contributed by atoms with Gasteiger partial charge in [0, 0.05) is 28.4 Å². The van der Waals surface area contributed by atoms with Crippen LogP contribution in [0.15, 0.2) is 60.8 Å². The van der Waals surface area contributed by atoms with Gasteiger partial charge in [-0.25, -0.2) is 0 Å². The van der Waals surface area contributed by atoms with Crippen LogP contribution in [-0.4, -0.2) is 23.3 Å². The second-order valence-electron chi connectivity index (χ2n) is 4.88. The fourth-order valence-electron chi connectivity index (χ4n) is 2.19. The van der Waals surface area contributed by atoms with Crippen molar-refractivity contribution >= 4 is 28.4 Å². The lowest BCUT2D eigenvalue weighted by Gasteiger charge is -2.07. The van der Waals surface area contributed by atoms with Crippen LogP contribution in [0.5, 0.6) is 0 Å². The van der Waals surface area contributed by atoms with Crippen LogP contribution in [0.25, 0.3) is 10.9 Å². The van der Waals surface area contributed by atoms with Crippen molar-refractivity contribution < 1.29 is 9.59 Å². The standard InChI is InChI=1S/C17H15N3O2/c21-16(11-19-17(22)12-4-2-1-3-5-12)20-14-6-7-15-13(10-14)8-9-18-15/h1-10,18H,11H2,(H,19,22)(H,20,21). The summed E-state index contributed by atoms with van der Waals surface area (Å²) in [6.07, 6.45) is 1.84. The van der Waals surface area contributed by atoms with Gasteiger partial charge in [0.2, 0.25) is 5.91 Å². The molecule has 3 rings (SSSR count). The highest BCUT2D eigenvalue weighted by Gasteiger charge is 2.08. The highest BCUT2D eigenvalue weighted by Crippen LogP contribution is 2.17. The van der Waals surface area contributed by atoms with E-state index in [4.69, 9.17) is 0 Å². The molecule has 0 saturated carbocycles. The lowest BCUT2D eigenvalue weighted by molar-refractivity contribution is -0.115. The summed E-state index contributed by atoms with van der Waals surface area (Å²) < 4.78 is 0. The lowest BCUT2D eigenvalue weighted by Crippen LogP contribution is -2.32. The highest BCUT2D eigenvalue weighted by atomic mass is 16.2. The predicted octanol–water partition coefficient (Wildman–Crippen LogP) is 2.54. The summed E-state index contributed by atoms with van der Waals surface area (Å²) in [4.78, 5) is 26.8. The molecule has 2 amide bonds. The van der Waals surface area contributed by atoms with Gasteiger partial charge in [-0.1, -0.05) is 18.2 Å². The molecule has 2 aromatic carbocycles. The number of H-pyrrole nitrogens is 1. The molecule has 0 aliphatic rings. The molecule has 0 aliphatic carbocycles. The van der Waals surface area contributed by atoms with E-state index in [0.717, 1.165) is 10.9 Å². The minimum absolute atomic E-state index is 0.0705. The topological polar surface area (TPSA) is 74.0 Å². The molecule has 1 aromatic heterocycles. The number of amides is 2. The first-order valence-corrected chi connectivity index (χ1v) is 6.92. The molecule has 3 N–H and O–H groups in total. The van der Waals surface area contributed by atoms with Gasteiger partial charge in [-0.15, -0.1) is 0 Å². The van der Waals surface area contributed by atoms with Crippen LogP contribution in [-0.2, 0) is 4.79 Å². The van der Waals surface area contributed by atoms with Crippen molar-refractivity contribution in [2.24, 2.45) is 0 Å². The third-order valence-electron chi connectivity index (χ3n) is 3.28. The summed E-state index contributed by atoms with van der Waals surface area (Å²) >= 11 is 0. The van der Waals surface area contributed by atoms with Crippen molar-refractivity contribution in [2.45, 2.75) is 0 Å². The molecule has 5 nitrogen and oxygen atoms in total. The maximum absolute atomic E-state index is 11.9. The summed E-state index contributed by atoms with van der Waals surface area (Å²) in [6, 6.07) is 16.3. The largest absolute Gasteiger partial charge is 0.361 e. The van der Waals surface area contributed by atoms with Gasteiger partial charge in [-0.3, -0.25) is 9.59 Å². The van der Waals surface area contributed by atoms with E-state index < -0.39 is 0 Å². The van der Waals surface area contributed by atoms with Crippen LogP contribution in [0.3, 0.4) is 0 Å². The second-order valence-corrected chi connectivity index (χ2v) is 4.88. The van der Waals surface area contributed by atoms with Gasteiger partial charge in [0.15, 0.2) is 0 Å². The van der Waals surface area contributed by atoms with E-state index in [0.29, 0.717) is 11.3 Å². The van der Waals surface area contributed by atoms with Crippen molar-refractivity contribution in [3.8, 4) is 0 Å². The van der Waals surface area contributed by atoms with E-state index in [9.17, 15) is 9.59 Å². The minimum Gasteiger partial charge on any atom is -0.361 e. The van der Waals surface area contributed by atoms with E-state index in [1.54, 1.807) is 24.3 Å². The van der Waals surface area contributed by atoms with E-state index in [1.165, 1.54) is 0 Å². The van der Waals surface area contributed by atoms with Gasteiger partial charge < -0.3 is 15.6 Å². The van der Waals surface area contributed by atoms with Gasteiger partial charge in [-0.05, 0) is 36.4 Å². The Morgan fingerprint density at radius 1 is 1.00 bits per heavy atom. The third kappa shape index (κ3) is 3.15. The molecule has 0 aliphatic heterocycles. The molecular formula is C17H15N3O2. The zero-order valence-electron chi connectivity index (χ0n) is 11.8. The zero-order chi connectivity index (χ0) is 15.4. The summed E-state index contributed by atoms with van der Waals surface area (Å²) in [5.41, 5.74) is 2.24. The van der Waals surface area contributed by atoms with Gasteiger partial charge >= 0.3 is 0 Å². The molecule has 5 heteroatoms. The van der Waals surface area contributed by atoms with Gasteiger partial charge in [0.25, 0.3) is 5.91 Å². The van der Waals surface area contributed by atoms with Crippen LogP contribution in [0, 0.1) is 0 Å². The van der Waals surface area contributed by atoms with Crippen molar-refractivity contribution in [2.75, 3.05) is 11.9 Å². The smallest absolute Gasteiger partial charge is 0.251 e. The molecule has 0 radical (unpaired) electrons. The first kappa shape index (κ1) is 13.9. The molecule has 0 unspecified atom stereocenters. The highest BCUT2D eigenvalue weighted by molar-refractivity contribution is 6.00. The monoisotopic (exact) mass is 293 g/mol. The van der Waals surface area contributed by atoms with Crippen LogP contribution in [0.4, 0.5) is 5.69 Å². The van der Waals surface area contributed by atoms with Crippen molar-refractivity contribution in [3.05, 3.63) is 66.4 Å². The number of nitrogens with one attached hydrogen (secondary N) is 3. The summed E-state index contributed by atoms with van der Waals surface area (Å²) in [5.74, 6) is -0.531. The van der Waals surface area contributed by atoms with Crippen LogP contribution < -0.4 is 10.6 Å².